The monoisotopic (exact) mass is 980 g/mol. The van der Waals surface area contributed by atoms with Crippen molar-refractivity contribution in [3.8, 4) is 0 Å². The summed E-state index contributed by atoms with van der Waals surface area (Å²) in [7, 11) is 0. The lowest BCUT2D eigenvalue weighted by atomic mass is 9.97. The van der Waals surface area contributed by atoms with E-state index in [0.29, 0.717) is 18.5 Å². The van der Waals surface area contributed by atoms with Crippen LogP contribution in [0.5, 0.6) is 0 Å². The quantitative estimate of drug-likeness (QED) is 0.0373. The Balaban J connectivity index is 2.05. The Kier molecular flexibility index (Phi) is 23.6. The number of imidazole rings is 1. The van der Waals surface area contributed by atoms with Gasteiger partial charge < -0.3 is 78.6 Å². The molecule has 1 saturated heterocycles. The fourth-order valence-electron chi connectivity index (χ4n) is 6.86. The van der Waals surface area contributed by atoms with Gasteiger partial charge in [0.15, 0.2) is 0 Å². The zero-order chi connectivity index (χ0) is 52.3. The van der Waals surface area contributed by atoms with Crippen LogP contribution in [0.1, 0.15) is 86.3 Å². The molecule has 27 heteroatoms. The molecule has 0 unspecified atom stereocenters. The van der Waals surface area contributed by atoms with Crippen molar-refractivity contribution in [2.45, 2.75) is 148 Å². The SMILES string of the molecule is CC[C@H](C)[C@H](N)C(=O)N[C@H](C(=O)NCC(=O)NCC(=O)N[C@H](C(=O)N[C@@H](CCC(=O)O)C(=O)N[C@@H](C)C(=O)N[C@H](C(=O)N1CCC[C@H]1C(=O)N[C@@H](Cc1cnc[nH]1)C(=O)O)[C@@H](C)O)[C@@H](C)O)C(C)C. The van der Waals surface area contributed by atoms with Crippen molar-refractivity contribution in [1.29, 1.82) is 0 Å². The first-order chi connectivity index (χ1) is 32.3. The summed E-state index contributed by atoms with van der Waals surface area (Å²) in [5.74, 6) is -11.3. The van der Waals surface area contributed by atoms with Crippen LogP contribution in [0.15, 0.2) is 12.5 Å². The summed E-state index contributed by atoms with van der Waals surface area (Å²) in [4.78, 5) is 149. The predicted molar refractivity (Wildman–Crippen MR) is 240 cm³/mol. The molecule has 15 N–H and O–H groups in total. The van der Waals surface area contributed by atoms with Crippen molar-refractivity contribution < 1.29 is 73.2 Å². The number of carbonyl (C=O) groups is 11. The highest BCUT2D eigenvalue weighted by molar-refractivity contribution is 5.98. The van der Waals surface area contributed by atoms with Gasteiger partial charge in [-0.1, -0.05) is 34.1 Å². The molecule has 1 aliphatic rings. The van der Waals surface area contributed by atoms with Gasteiger partial charge in [-0.15, -0.1) is 0 Å². The minimum absolute atomic E-state index is 0.0189. The van der Waals surface area contributed by atoms with Crippen LogP contribution in [0.4, 0.5) is 0 Å². The molecule has 2 heterocycles. The van der Waals surface area contributed by atoms with Crippen LogP contribution in [0.25, 0.3) is 0 Å². The number of hydrogen-bond donors (Lipinski definition) is 14. The molecule has 2 rings (SSSR count). The van der Waals surface area contributed by atoms with Gasteiger partial charge in [-0.25, -0.2) is 9.78 Å². The van der Waals surface area contributed by atoms with E-state index < -0.39 is 152 Å². The maximum absolute atomic E-state index is 13.7. The molecule has 1 aromatic rings. The normalized spacial score (nSPS) is 17.7. The number of hydrogen-bond acceptors (Lipinski definition) is 15. The van der Waals surface area contributed by atoms with E-state index in [1.54, 1.807) is 20.8 Å². The number of aliphatic hydroxyl groups excluding tert-OH is 2. The van der Waals surface area contributed by atoms with Gasteiger partial charge in [0.05, 0.1) is 37.7 Å². The number of amides is 9. The third-order valence-corrected chi connectivity index (χ3v) is 11.3. The third kappa shape index (κ3) is 18.7. The summed E-state index contributed by atoms with van der Waals surface area (Å²) in [6, 6.07) is -11.1. The van der Waals surface area contributed by atoms with Gasteiger partial charge in [-0.3, -0.25) is 47.9 Å². The highest BCUT2D eigenvalue weighted by Gasteiger charge is 2.41. The van der Waals surface area contributed by atoms with E-state index in [1.165, 1.54) is 26.4 Å². The maximum Gasteiger partial charge on any atom is 0.326 e. The van der Waals surface area contributed by atoms with Gasteiger partial charge in [0.1, 0.15) is 42.3 Å². The molecule has 27 nitrogen and oxygen atoms in total. The highest BCUT2D eigenvalue weighted by atomic mass is 16.4. The number of aromatic nitrogens is 2. The van der Waals surface area contributed by atoms with Crippen LogP contribution >= 0.6 is 0 Å². The van der Waals surface area contributed by atoms with Crippen molar-refractivity contribution in [2.75, 3.05) is 19.6 Å². The molecule has 1 aromatic heterocycles. The van der Waals surface area contributed by atoms with E-state index in [9.17, 15) is 73.2 Å². The van der Waals surface area contributed by atoms with E-state index in [-0.39, 0.29) is 31.2 Å². The van der Waals surface area contributed by atoms with Crippen molar-refractivity contribution in [1.82, 2.24) is 57.4 Å². The number of nitrogens with two attached hydrogens (primary N) is 1. The van der Waals surface area contributed by atoms with Gasteiger partial charge in [-0.2, -0.15) is 0 Å². The molecule has 69 heavy (non-hydrogen) atoms. The number of likely N-dealkylation sites (tertiary alicyclic amines) is 1. The van der Waals surface area contributed by atoms with Crippen LogP contribution < -0.4 is 48.3 Å². The van der Waals surface area contributed by atoms with Crippen LogP contribution in [0.2, 0.25) is 0 Å². The molecule has 0 radical (unpaired) electrons. The van der Waals surface area contributed by atoms with E-state index in [0.717, 1.165) is 11.8 Å². The summed E-state index contributed by atoms with van der Waals surface area (Å²) in [6.07, 6.45) is -0.719. The Morgan fingerprint density at radius 3 is 1.91 bits per heavy atom. The Hall–Kier alpha value is -6.74. The lowest BCUT2D eigenvalue weighted by Crippen LogP contribution is -2.61. The smallest absolute Gasteiger partial charge is 0.326 e. The van der Waals surface area contributed by atoms with Crippen molar-refractivity contribution in [3.05, 3.63) is 18.2 Å². The van der Waals surface area contributed by atoms with E-state index >= 15 is 0 Å². The molecular weight excluding hydrogens is 913 g/mol. The van der Waals surface area contributed by atoms with Crippen molar-refractivity contribution in [3.63, 3.8) is 0 Å². The molecule has 0 saturated carbocycles. The number of nitrogens with zero attached hydrogens (tertiary/aromatic N) is 2. The van der Waals surface area contributed by atoms with Gasteiger partial charge in [0.2, 0.25) is 53.2 Å². The van der Waals surface area contributed by atoms with E-state index in [2.05, 4.69) is 52.5 Å². The molecule has 9 amide bonds. The lowest BCUT2D eigenvalue weighted by molar-refractivity contribution is -0.146. The second-order valence-electron chi connectivity index (χ2n) is 17.2. The number of carboxylic acids is 2. The van der Waals surface area contributed by atoms with Crippen molar-refractivity contribution in [2.24, 2.45) is 17.6 Å². The lowest BCUT2D eigenvalue weighted by Gasteiger charge is -2.31. The van der Waals surface area contributed by atoms with E-state index in [4.69, 9.17) is 5.73 Å². The average Bonchev–Trinajstić information content (AvgIpc) is 4.00. The number of carbonyl (C=O) groups excluding carboxylic acids is 9. The van der Waals surface area contributed by atoms with Gasteiger partial charge in [0, 0.05) is 31.3 Å². The first-order valence-electron chi connectivity index (χ1n) is 22.5. The number of aliphatic carboxylic acids is 2. The molecule has 0 spiro atoms. The standard InChI is InChI=1S/C42H68N12O15/c1-8-20(4)31(43)38(64)52-32(19(2)3)39(65)46-16-28(57)45-17-29(58)51-33(22(6)55)40(66)49-25(11-12-30(59)60)36(62)48-21(5)35(61)53-34(23(7)56)41(67)54-13-9-10-27(54)37(63)50-26(42(68)69)14-24-15-44-18-47-24/h15,18-23,25-27,31-34,55-56H,8-14,16-17,43H2,1-7H3,(H,44,47)(H,45,57)(H,46,65)(H,48,62)(H,49,66)(H,50,63)(H,51,58)(H,52,64)(H,53,61)(H,59,60)(H,68,69)/t20-,21-,22+,23+,25-,26-,27-,31-,32-,33-,34-/m0/s1. The third-order valence-electron chi connectivity index (χ3n) is 11.3. The highest BCUT2D eigenvalue weighted by Crippen LogP contribution is 2.20. The summed E-state index contributed by atoms with van der Waals surface area (Å²) >= 11 is 0. The number of nitrogens with one attached hydrogen (secondary N) is 9. The number of aromatic amines is 1. The van der Waals surface area contributed by atoms with Gasteiger partial charge >= 0.3 is 11.9 Å². The molecule has 1 fully saturated rings. The Labute approximate surface area is 398 Å². The molecule has 386 valence electrons. The Morgan fingerprint density at radius 2 is 1.36 bits per heavy atom. The molecule has 1 aliphatic heterocycles. The summed E-state index contributed by atoms with van der Waals surface area (Å²) < 4.78 is 0. The zero-order valence-corrected chi connectivity index (χ0v) is 39.7. The molecule has 0 aliphatic carbocycles. The molecular formula is C42H68N12O15. The van der Waals surface area contributed by atoms with Gasteiger partial charge in [-0.05, 0) is 51.9 Å². The minimum Gasteiger partial charge on any atom is -0.481 e. The predicted octanol–water partition coefficient (Wildman–Crippen LogP) is -5.16. The number of H-pyrrole nitrogens is 1. The Bertz CT molecular complexity index is 1980. The van der Waals surface area contributed by atoms with Crippen LogP contribution in [0, 0.1) is 11.8 Å². The first kappa shape index (κ1) is 58.4. The number of rotatable bonds is 28. The second-order valence-corrected chi connectivity index (χ2v) is 17.2. The summed E-state index contributed by atoms with van der Waals surface area (Å²) in [5, 5.41) is 58.6. The average molecular weight is 981 g/mol. The first-order valence-corrected chi connectivity index (χ1v) is 22.5. The van der Waals surface area contributed by atoms with Crippen LogP contribution in [-0.2, 0) is 59.2 Å². The number of carboxylic acid groups (broad SMARTS) is 2. The minimum atomic E-state index is -1.77. The molecule has 11 atom stereocenters. The van der Waals surface area contributed by atoms with Crippen LogP contribution in [-0.4, -0.2) is 181 Å². The number of aliphatic hydroxyl groups is 2. The van der Waals surface area contributed by atoms with E-state index in [1.807, 2.05) is 6.92 Å². The van der Waals surface area contributed by atoms with Gasteiger partial charge in [0.25, 0.3) is 0 Å². The molecule has 0 bridgehead atoms. The fourth-order valence-corrected chi connectivity index (χ4v) is 6.86. The zero-order valence-electron chi connectivity index (χ0n) is 39.7. The van der Waals surface area contributed by atoms with Crippen molar-refractivity contribution >= 4 is 65.1 Å². The van der Waals surface area contributed by atoms with Crippen LogP contribution in [0.3, 0.4) is 0 Å². The summed E-state index contributed by atoms with van der Waals surface area (Å²) in [6.45, 7) is 9.11. The molecule has 0 aromatic carbocycles. The summed E-state index contributed by atoms with van der Waals surface area (Å²) in [5.41, 5.74) is 6.40. The fraction of sp³-hybridized carbons (Fsp3) is 0.667. The largest absolute Gasteiger partial charge is 0.481 e. The Morgan fingerprint density at radius 1 is 0.739 bits per heavy atom. The topological polar surface area (TPSA) is 423 Å². The maximum atomic E-state index is 13.7. The second kappa shape index (κ2) is 27.9.